The predicted octanol–water partition coefficient (Wildman–Crippen LogP) is 1.83. The van der Waals surface area contributed by atoms with Crippen molar-refractivity contribution in [2.24, 2.45) is 5.73 Å². The number of hydrogen-bond donors (Lipinski definition) is 1. The zero-order valence-electron chi connectivity index (χ0n) is 6.88. The van der Waals surface area contributed by atoms with Gasteiger partial charge in [-0.25, -0.2) is 0 Å². The van der Waals surface area contributed by atoms with E-state index in [2.05, 4.69) is 33.5 Å². The topological polar surface area (TPSA) is 26.0 Å². The number of hydrogen-bond acceptors (Lipinski definition) is 1. The molecule has 2 heteroatoms. The maximum atomic E-state index is 5.85. The van der Waals surface area contributed by atoms with E-state index in [1.54, 1.807) is 0 Å². The largest absolute Gasteiger partial charge is 0.402 e. The molecule has 1 atom stereocenters. The van der Waals surface area contributed by atoms with Gasteiger partial charge >= 0.3 is 0 Å². The molecule has 1 aromatic rings. The van der Waals surface area contributed by atoms with Crippen LogP contribution < -0.4 is 5.73 Å². The Balaban J connectivity index is 2.43. The fraction of sp³-hybridized carbons (Fsp3) is 0.200. The number of nitrogens with two attached hydrogens (primary N) is 1. The molecular weight excluding hydrogens is 165 g/mol. The standard InChI is InChI=1S/C10H12NP/c11-9-5-7-3-1-2-4-8(7)6-10(9)12/h1-4H,5-6,11-12H2. The first kappa shape index (κ1) is 7.82. The van der Waals surface area contributed by atoms with E-state index in [0.29, 0.717) is 0 Å². The minimum Gasteiger partial charge on any atom is -0.402 e. The van der Waals surface area contributed by atoms with Crippen molar-refractivity contribution in [3.63, 3.8) is 0 Å². The van der Waals surface area contributed by atoms with E-state index in [0.717, 1.165) is 18.5 Å². The van der Waals surface area contributed by atoms with Crippen LogP contribution in [0, 0.1) is 0 Å². The molecule has 1 aliphatic carbocycles. The molecule has 0 bridgehead atoms. The molecule has 0 saturated carbocycles. The summed E-state index contributed by atoms with van der Waals surface area (Å²) in [6.45, 7) is 0. The number of fused-ring (bicyclic) bond motifs is 1. The van der Waals surface area contributed by atoms with Crippen molar-refractivity contribution in [3.8, 4) is 0 Å². The molecule has 1 aliphatic rings. The zero-order chi connectivity index (χ0) is 8.55. The third kappa shape index (κ3) is 1.25. The van der Waals surface area contributed by atoms with Crippen LogP contribution in [-0.4, -0.2) is 0 Å². The van der Waals surface area contributed by atoms with Gasteiger partial charge in [-0.15, -0.1) is 9.24 Å². The lowest BCUT2D eigenvalue weighted by molar-refractivity contribution is 0.985. The number of benzene rings is 1. The van der Waals surface area contributed by atoms with Crippen LogP contribution >= 0.6 is 9.24 Å². The van der Waals surface area contributed by atoms with Gasteiger partial charge in [0.15, 0.2) is 0 Å². The molecular formula is C10H12NP. The van der Waals surface area contributed by atoms with Gasteiger partial charge in [-0.1, -0.05) is 24.3 Å². The summed E-state index contributed by atoms with van der Waals surface area (Å²) < 4.78 is 0. The summed E-state index contributed by atoms with van der Waals surface area (Å²) in [6, 6.07) is 8.48. The second kappa shape index (κ2) is 2.91. The van der Waals surface area contributed by atoms with E-state index >= 15 is 0 Å². The van der Waals surface area contributed by atoms with Crippen molar-refractivity contribution in [2.75, 3.05) is 0 Å². The molecule has 1 unspecified atom stereocenters. The van der Waals surface area contributed by atoms with Gasteiger partial charge in [-0.3, -0.25) is 0 Å². The molecule has 2 rings (SSSR count). The number of allylic oxidation sites excluding steroid dienone is 2. The van der Waals surface area contributed by atoms with E-state index in [1.807, 2.05) is 0 Å². The highest BCUT2D eigenvalue weighted by atomic mass is 31.0. The van der Waals surface area contributed by atoms with Gasteiger partial charge in [-0.2, -0.15) is 0 Å². The van der Waals surface area contributed by atoms with Crippen LogP contribution in [0.1, 0.15) is 11.1 Å². The normalized spacial score (nSPS) is 16.1. The smallest absolute Gasteiger partial charge is 0.0160 e. The lowest BCUT2D eigenvalue weighted by Gasteiger charge is -2.17. The lowest BCUT2D eigenvalue weighted by Crippen LogP contribution is -2.11. The Morgan fingerprint density at radius 2 is 1.67 bits per heavy atom. The van der Waals surface area contributed by atoms with Gasteiger partial charge in [0.1, 0.15) is 0 Å². The first-order valence-corrected chi connectivity index (χ1v) is 4.65. The third-order valence-electron chi connectivity index (χ3n) is 2.29. The number of rotatable bonds is 0. The zero-order valence-corrected chi connectivity index (χ0v) is 8.03. The fourth-order valence-electron chi connectivity index (χ4n) is 1.54. The van der Waals surface area contributed by atoms with Crippen LogP contribution in [0.5, 0.6) is 0 Å². The quantitative estimate of drug-likeness (QED) is 0.601. The molecule has 0 aromatic heterocycles. The first-order valence-electron chi connectivity index (χ1n) is 4.07. The molecule has 0 saturated heterocycles. The molecule has 0 fully saturated rings. The van der Waals surface area contributed by atoms with Gasteiger partial charge in [0, 0.05) is 12.1 Å². The van der Waals surface area contributed by atoms with Crippen LogP contribution in [-0.2, 0) is 12.8 Å². The highest BCUT2D eigenvalue weighted by Gasteiger charge is 2.11. The Hall–Kier alpha value is -0.810. The Morgan fingerprint density at radius 1 is 1.08 bits per heavy atom. The summed E-state index contributed by atoms with van der Waals surface area (Å²) in [5.74, 6) is 0. The van der Waals surface area contributed by atoms with Gasteiger partial charge in [0.25, 0.3) is 0 Å². The Bertz CT molecular complexity index is 308. The lowest BCUT2D eigenvalue weighted by atomic mass is 9.95. The Morgan fingerprint density at radius 3 is 2.33 bits per heavy atom. The molecule has 0 aliphatic heterocycles. The van der Waals surface area contributed by atoms with Gasteiger partial charge in [0.2, 0.25) is 0 Å². The molecule has 1 nitrogen and oxygen atoms in total. The second-order valence-corrected chi connectivity index (χ2v) is 3.87. The monoisotopic (exact) mass is 177 g/mol. The van der Waals surface area contributed by atoms with Crippen molar-refractivity contribution < 1.29 is 0 Å². The van der Waals surface area contributed by atoms with E-state index in [-0.39, 0.29) is 0 Å². The molecule has 1 aromatic carbocycles. The predicted molar refractivity (Wildman–Crippen MR) is 54.8 cm³/mol. The Kier molecular flexibility index (Phi) is 1.90. The van der Waals surface area contributed by atoms with Crippen molar-refractivity contribution in [3.05, 3.63) is 46.4 Å². The average Bonchev–Trinajstić information content (AvgIpc) is 2.07. The van der Waals surface area contributed by atoms with E-state index in [4.69, 9.17) is 5.73 Å². The molecule has 0 spiro atoms. The van der Waals surface area contributed by atoms with Gasteiger partial charge in [-0.05, 0) is 22.9 Å². The third-order valence-corrected chi connectivity index (χ3v) is 2.87. The van der Waals surface area contributed by atoms with Crippen LogP contribution in [0.3, 0.4) is 0 Å². The summed E-state index contributed by atoms with van der Waals surface area (Å²) in [5.41, 5.74) is 9.65. The van der Waals surface area contributed by atoms with Crippen molar-refractivity contribution in [1.29, 1.82) is 0 Å². The van der Waals surface area contributed by atoms with E-state index < -0.39 is 0 Å². The van der Waals surface area contributed by atoms with Crippen LogP contribution in [0.25, 0.3) is 0 Å². The fourth-order valence-corrected chi connectivity index (χ4v) is 1.86. The summed E-state index contributed by atoms with van der Waals surface area (Å²) in [5, 5.41) is 1.24. The summed E-state index contributed by atoms with van der Waals surface area (Å²) in [6.07, 6.45) is 1.90. The minimum atomic E-state index is 0.912. The van der Waals surface area contributed by atoms with Crippen LogP contribution in [0.4, 0.5) is 0 Å². The molecule has 2 N–H and O–H groups in total. The van der Waals surface area contributed by atoms with Crippen LogP contribution in [0.15, 0.2) is 35.3 Å². The molecule has 62 valence electrons. The maximum Gasteiger partial charge on any atom is 0.0160 e. The van der Waals surface area contributed by atoms with E-state index in [9.17, 15) is 0 Å². The summed E-state index contributed by atoms with van der Waals surface area (Å²) >= 11 is 0. The highest BCUT2D eigenvalue weighted by Crippen LogP contribution is 2.26. The van der Waals surface area contributed by atoms with Gasteiger partial charge in [0.05, 0.1) is 0 Å². The first-order chi connectivity index (χ1) is 5.77. The van der Waals surface area contributed by atoms with Crippen molar-refractivity contribution in [2.45, 2.75) is 12.8 Å². The Labute approximate surface area is 74.9 Å². The average molecular weight is 177 g/mol. The van der Waals surface area contributed by atoms with Crippen LogP contribution in [0.2, 0.25) is 0 Å². The molecule has 0 amide bonds. The molecule has 0 radical (unpaired) electrons. The van der Waals surface area contributed by atoms with Crippen molar-refractivity contribution >= 4 is 9.24 Å². The summed E-state index contributed by atoms with van der Waals surface area (Å²) in [7, 11) is 2.72. The summed E-state index contributed by atoms with van der Waals surface area (Å²) in [4.78, 5) is 0. The SMILES string of the molecule is NC1=C(P)Cc2ccccc2C1. The van der Waals surface area contributed by atoms with Crippen molar-refractivity contribution in [1.82, 2.24) is 0 Å². The molecule has 12 heavy (non-hydrogen) atoms. The van der Waals surface area contributed by atoms with Gasteiger partial charge < -0.3 is 5.73 Å². The minimum absolute atomic E-state index is 0.912. The molecule has 0 heterocycles. The van der Waals surface area contributed by atoms with E-state index in [1.165, 1.54) is 16.4 Å². The maximum absolute atomic E-state index is 5.85. The second-order valence-electron chi connectivity index (χ2n) is 3.17. The highest BCUT2D eigenvalue weighted by molar-refractivity contribution is 7.22.